The summed E-state index contributed by atoms with van der Waals surface area (Å²) in [5, 5.41) is 0.0642. The molecule has 2 atom stereocenters. The van der Waals surface area contributed by atoms with E-state index in [1.165, 1.54) is 7.11 Å². The molecule has 3 nitrogen and oxygen atoms in total. The van der Waals surface area contributed by atoms with Crippen molar-refractivity contribution in [3.63, 3.8) is 0 Å². The van der Waals surface area contributed by atoms with Gasteiger partial charge in [0.1, 0.15) is 0 Å². The number of hydrogen-bond donors (Lipinski definition) is 0. The van der Waals surface area contributed by atoms with Crippen LogP contribution in [0.3, 0.4) is 0 Å². The molecule has 4 heteroatoms. The molecule has 0 aliphatic rings. The molecule has 0 N–H and O–H groups in total. The maximum Gasteiger partial charge on any atom is 0.311 e. The van der Waals surface area contributed by atoms with Gasteiger partial charge < -0.3 is 9.16 Å². The average molecular weight is 296 g/mol. The van der Waals surface area contributed by atoms with Crippen LogP contribution in [0.2, 0.25) is 18.1 Å². The topological polar surface area (TPSA) is 35.5 Å². The first-order valence-corrected chi connectivity index (χ1v) is 9.81. The van der Waals surface area contributed by atoms with Crippen LogP contribution in [0.15, 0.2) is 12.7 Å². The smallest absolute Gasteiger partial charge is 0.311 e. The van der Waals surface area contributed by atoms with Crippen LogP contribution in [0.1, 0.15) is 33.6 Å². The lowest BCUT2D eigenvalue weighted by atomic mass is 9.96. The summed E-state index contributed by atoms with van der Waals surface area (Å²) < 4.78 is 11.2. The van der Waals surface area contributed by atoms with Gasteiger partial charge in [-0.2, -0.15) is 0 Å². The van der Waals surface area contributed by atoms with E-state index in [0.29, 0.717) is 12.8 Å². The predicted molar refractivity (Wildman–Crippen MR) is 85.8 cm³/mol. The molecule has 0 amide bonds. The minimum absolute atomic E-state index is 0.0642. The summed E-state index contributed by atoms with van der Waals surface area (Å²) in [6.45, 7) is 14.5. The lowest BCUT2D eigenvalue weighted by Crippen LogP contribution is -2.47. The Morgan fingerprint density at radius 3 is 2.35 bits per heavy atom. The van der Waals surface area contributed by atoms with Crippen LogP contribution in [-0.4, -0.2) is 27.5 Å². The lowest BCUT2D eigenvalue weighted by molar-refractivity contribution is -0.148. The summed E-state index contributed by atoms with van der Waals surface area (Å²) in [5.74, 6) is 1.94. The average Bonchev–Trinajstić information content (AvgIpc) is 2.33. The van der Waals surface area contributed by atoms with Gasteiger partial charge in [-0.15, -0.1) is 18.9 Å². The first-order chi connectivity index (χ1) is 9.10. The molecule has 0 saturated carbocycles. The van der Waals surface area contributed by atoms with Gasteiger partial charge in [0.15, 0.2) is 8.32 Å². The van der Waals surface area contributed by atoms with Gasteiger partial charge in [0.25, 0.3) is 0 Å². The van der Waals surface area contributed by atoms with Gasteiger partial charge in [-0.25, -0.2) is 0 Å². The first-order valence-electron chi connectivity index (χ1n) is 6.90. The number of methoxy groups -OCH3 is 1. The molecule has 0 fully saturated rings. The third-order valence-electron chi connectivity index (χ3n) is 3.94. The standard InChI is InChI=1S/C16H28O3Si/c1-9-11-13(15(17)18-6)14(12-10-2)19-20(7,8)16(3,4)5/h2,9,13-14H,1,11-12H2,3-8H3/t13?,14-/m1/s1. The Morgan fingerprint density at radius 1 is 1.45 bits per heavy atom. The van der Waals surface area contributed by atoms with E-state index in [2.05, 4.69) is 46.4 Å². The highest BCUT2D eigenvalue weighted by Crippen LogP contribution is 2.38. The fourth-order valence-corrected chi connectivity index (χ4v) is 3.03. The van der Waals surface area contributed by atoms with E-state index in [1.807, 2.05) is 0 Å². The molecule has 0 aromatic heterocycles. The maximum absolute atomic E-state index is 12.0. The molecule has 0 radical (unpaired) electrons. The molecule has 0 bridgehead atoms. The fraction of sp³-hybridized carbons (Fsp3) is 0.688. The summed E-state index contributed by atoms with van der Waals surface area (Å²) in [6, 6.07) is 0. The SMILES string of the molecule is C#CC[C@@H](O[Si](C)(C)C(C)(C)C)C(CC=C)C(=O)OC. The minimum Gasteiger partial charge on any atom is -0.469 e. The molecule has 0 rings (SSSR count). The van der Waals surface area contributed by atoms with Crippen LogP contribution in [0.25, 0.3) is 0 Å². The second-order valence-electron chi connectivity index (χ2n) is 6.48. The van der Waals surface area contributed by atoms with Crippen LogP contribution >= 0.6 is 0 Å². The zero-order valence-corrected chi connectivity index (χ0v) is 14.7. The van der Waals surface area contributed by atoms with E-state index >= 15 is 0 Å². The normalized spacial score (nSPS) is 15.1. The number of ether oxygens (including phenoxy) is 1. The van der Waals surface area contributed by atoms with Crippen molar-refractivity contribution < 1.29 is 14.0 Å². The van der Waals surface area contributed by atoms with E-state index in [-0.39, 0.29) is 23.0 Å². The Bertz CT molecular complexity index is 374. The molecule has 20 heavy (non-hydrogen) atoms. The summed E-state index contributed by atoms with van der Waals surface area (Å²) in [6.07, 6.45) is 7.75. The van der Waals surface area contributed by atoms with Crippen molar-refractivity contribution in [1.82, 2.24) is 0 Å². The molecule has 0 saturated heterocycles. The Kier molecular flexibility index (Phi) is 7.25. The predicted octanol–water partition coefficient (Wildman–Crippen LogP) is 3.77. The van der Waals surface area contributed by atoms with E-state index in [9.17, 15) is 4.79 Å². The third kappa shape index (κ3) is 5.14. The fourth-order valence-electron chi connectivity index (χ4n) is 1.67. The van der Waals surface area contributed by atoms with Crippen molar-refractivity contribution in [3.8, 4) is 12.3 Å². The summed E-state index contributed by atoms with van der Waals surface area (Å²) in [4.78, 5) is 12.0. The number of carbonyl (C=O) groups excluding carboxylic acids is 1. The number of hydrogen-bond acceptors (Lipinski definition) is 3. The van der Waals surface area contributed by atoms with Crippen LogP contribution in [0, 0.1) is 18.3 Å². The second-order valence-corrected chi connectivity index (χ2v) is 11.2. The van der Waals surface area contributed by atoms with Crippen LogP contribution in [-0.2, 0) is 14.0 Å². The van der Waals surface area contributed by atoms with Gasteiger partial charge in [-0.3, -0.25) is 4.79 Å². The van der Waals surface area contributed by atoms with Crippen molar-refractivity contribution in [2.75, 3.05) is 7.11 Å². The number of rotatable bonds is 7. The molecule has 0 aliphatic carbocycles. The highest BCUT2D eigenvalue weighted by Gasteiger charge is 2.41. The number of terminal acetylenes is 1. The van der Waals surface area contributed by atoms with Gasteiger partial charge in [-0.05, 0) is 24.6 Å². The molecule has 0 spiro atoms. The lowest BCUT2D eigenvalue weighted by Gasteiger charge is -2.40. The van der Waals surface area contributed by atoms with Crippen LogP contribution < -0.4 is 0 Å². The summed E-state index contributed by atoms with van der Waals surface area (Å²) in [5.41, 5.74) is 0. The maximum atomic E-state index is 12.0. The highest BCUT2D eigenvalue weighted by atomic mass is 28.4. The second kappa shape index (κ2) is 7.66. The Labute approximate surface area is 124 Å². The highest BCUT2D eigenvalue weighted by molar-refractivity contribution is 6.74. The quantitative estimate of drug-likeness (QED) is 0.310. The molecular formula is C16H28O3Si. The Hall–Kier alpha value is -1.05. The molecule has 0 aromatic carbocycles. The van der Waals surface area contributed by atoms with Crippen molar-refractivity contribution in [2.24, 2.45) is 5.92 Å². The van der Waals surface area contributed by atoms with E-state index in [1.54, 1.807) is 6.08 Å². The van der Waals surface area contributed by atoms with Crippen LogP contribution in [0.5, 0.6) is 0 Å². The monoisotopic (exact) mass is 296 g/mol. The Morgan fingerprint density at radius 2 is 2.00 bits per heavy atom. The van der Waals surface area contributed by atoms with E-state index in [0.717, 1.165) is 0 Å². The molecule has 114 valence electrons. The zero-order valence-electron chi connectivity index (χ0n) is 13.7. The van der Waals surface area contributed by atoms with Crippen molar-refractivity contribution >= 4 is 14.3 Å². The molecule has 0 aliphatic heterocycles. The first kappa shape index (κ1) is 18.9. The molecule has 0 aromatic rings. The zero-order chi connectivity index (χ0) is 16.0. The summed E-state index contributed by atoms with van der Waals surface area (Å²) >= 11 is 0. The number of allylic oxidation sites excluding steroid dienone is 1. The van der Waals surface area contributed by atoms with Crippen molar-refractivity contribution in [3.05, 3.63) is 12.7 Å². The van der Waals surface area contributed by atoms with E-state index in [4.69, 9.17) is 15.6 Å². The largest absolute Gasteiger partial charge is 0.469 e. The van der Waals surface area contributed by atoms with Gasteiger partial charge in [0, 0.05) is 6.42 Å². The van der Waals surface area contributed by atoms with Crippen molar-refractivity contribution in [2.45, 2.75) is 57.8 Å². The summed E-state index contributed by atoms with van der Waals surface area (Å²) in [7, 11) is -0.607. The molecule has 1 unspecified atom stereocenters. The minimum atomic E-state index is -1.99. The van der Waals surface area contributed by atoms with Crippen molar-refractivity contribution in [1.29, 1.82) is 0 Å². The third-order valence-corrected chi connectivity index (χ3v) is 8.45. The van der Waals surface area contributed by atoms with Gasteiger partial charge in [0.05, 0.1) is 19.1 Å². The number of carbonyl (C=O) groups is 1. The Balaban J connectivity index is 5.26. The van der Waals surface area contributed by atoms with E-state index < -0.39 is 8.32 Å². The van der Waals surface area contributed by atoms with Gasteiger partial charge >= 0.3 is 5.97 Å². The number of esters is 1. The molecular weight excluding hydrogens is 268 g/mol. The van der Waals surface area contributed by atoms with Gasteiger partial charge in [-0.1, -0.05) is 26.8 Å². The molecule has 0 heterocycles. The van der Waals surface area contributed by atoms with Crippen LogP contribution in [0.4, 0.5) is 0 Å². The van der Waals surface area contributed by atoms with Gasteiger partial charge in [0.2, 0.25) is 0 Å².